The van der Waals surface area contributed by atoms with Gasteiger partial charge in [0.2, 0.25) is 0 Å². The van der Waals surface area contributed by atoms with Crippen LogP contribution in [0.5, 0.6) is 0 Å². The van der Waals surface area contributed by atoms with Crippen molar-refractivity contribution in [2.75, 3.05) is 0 Å². The zero-order chi connectivity index (χ0) is 9.10. The van der Waals surface area contributed by atoms with E-state index in [0.717, 1.165) is 12.3 Å². The Bertz CT molecular complexity index is 221. The minimum Gasteiger partial charge on any atom is -0.324 e. The molecule has 1 nitrogen and oxygen atoms in total. The fraction of sp³-hybridized carbons (Fsp3) is 0.667. The highest BCUT2D eigenvalue weighted by molar-refractivity contribution is 5.28. The van der Waals surface area contributed by atoms with Crippen LogP contribution < -0.4 is 5.73 Å². The second-order valence-electron chi connectivity index (χ2n) is 4.30. The van der Waals surface area contributed by atoms with E-state index in [2.05, 4.69) is 18.2 Å². The maximum atomic E-state index is 5.90. The van der Waals surface area contributed by atoms with Gasteiger partial charge in [-0.3, -0.25) is 0 Å². The van der Waals surface area contributed by atoms with Gasteiger partial charge >= 0.3 is 0 Å². The maximum Gasteiger partial charge on any atom is 0.0264 e. The molecule has 2 aliphatic rings. The van der Waals surface area contributed by atoms with Crippen LogP contribution in [0.1, 0.15) is 38.5 Å². The van der Waals surface area contributed by atoms with E-state index in [1.54, 1.807) is 0 Å². The molecule has 13 heavy (non-hydrogen) atoms. The summed E-state index contributed by atoms with van der Waals surface area (Å²) in [7, 11) is 0. The lowest BCUT2D eigenvalue weighted by Gasteiger charge is -2.25. The Labute approximate surface area is 80.7 Å². The minimum absolute atomic E-state index is 0.280. The predicted octanol–water partition coefficient (Wildman–Crippen LogP) is 2.78. The largest absolute Gasteiger partial charge is 0.324 e. The van der Waals surface area contributed by atoms with Gasteiger partial charge in [-0.15, -0.1) is 0 Å². The van der Waals surface area contributed by atoms with Crippen molar-refractivity contribution in [3.63, 3.8) is 0 Å². The van der Waals surface area contributed by atoms with Crippen LogP contribution in [0.2, 0.25) is 0 Å². The van der Waals surface area contributed by atoms with E-state index in [0.29, 0.717) is 0 Å². The molecule has 0 radical (unpaired) electrons. The summed E-state index contributed by atoms with van der Waals surface area (Å²) in [4.78, 5) is 0. The molecule has 1 heteroatoms. The fourth-order valence-corrected chi connectivity index (χ4v) is 2.44. The molecule has 1 saturated carbocycles. The Morgan fingerprint density at radius 3 is 2.62 bits per heavy atom. The van der Waals surface area contributed by atoms with Gasteiger partial charge in [0.1, 0.15) is 0 Å². The van der Waals surface area contributed by atoms with E-state index in [4.69, 9.17) is 5.73 Å². The first-order chi connectivity index (χ1) is 6.36. The highest BCUT2D eigenvalue weighted by Gasteiger charge is 2.17. The van der Waals surface area contributed by atoms with Gasteiger partial charge in [-0.1, -0.05) is 37.5 Å². The predicted molar refractivity (Wildman–Crippen MR) is 56.4 cm³/mol. The van der Waals surface area contributed by atoms with Gasteiger partial charge in [0.15, 0.2) is 0 Å². The van der Waals surface area contributed by atoms with Crippen molar-refractivity contribution in [2.24, 2.45) is 11.7 Å². The molecule has 0 aromatic heterocycles. The third-order valence-corrected chi connectivity index (χ3v) is 3.20. The van der Waals surface area contributed by atoms with Crippen LogP contribution in [-0.2, 0) is 0 Å². The maximum absolute atomic E-state index is 5.90. The van der Waals surface area contributed by atoms with Crippen LogP contribution in [0.25, 0.3) is 0 Å². The van der Waals surface area contributed by atoms with Gasteiger partial charge in [-0.05, 0) is 30.8 Å². The van der Waals surface area contributed by atoms with E-state index >= 15 is 0 Å². The molecule has 0 amide bonds. The van der Waals surface area contributed by atoms with E-state index in [1.165, 1.54) is 37.7 Å². The monoisotopic (exact) mass is 177 g/mol. The molecule has 2 aliphatic carbocycles. The van der Waals surface area contributed by atoms with Gasteiger partial charge < -0.3 is 5.73 Å². The summed E-state index contributed by atoms with van der Waals surface area (Å²) in [5.74, 6) is 0.816. The Kier molecular flexibility index (Phi) is 2.84. The molecule has 1 unspecified atom stereocenters. The zero-order valence-corrected chi connectivity index (χ0v) is 8.21. The molecule has 0 spiro atoms. The van der Waals surface area contributed by atoms with Gasteiger partial charge in [-0.2, -0.15) is 0 Å². The standard InChI is InChI=1S/C12H19N/c13-12-8-4-7-11(9-12)10-5-2-1-3-6-10/h4,7,9-10,12H,1-3,5-6,8,13H2. The highest BCUT2D eigenvalue weighted by atomic mass is 14.6. The topological polar surface area (TPSA) is 26.0 Å². The van der Waals surface area contributed by atoms with Crippen molar-refractivity contribution in [2.45, 2.75) is 44.6 Å². The molecular weight excluding hydrogens is 158 g/mol. The molecule has 2 N–H and O–H groups in total. The lowest BCUT2D eigenvalue weighted by molar-refractivity contribution is 0.406. The highest BCUT2D eigenvalue weighted by Crippen LogP contribution is 2.31. The Morgan fingerprint density at radius 2 is 1.92 bits per heavy atom. The number of hydrogen-bond acceptors (Lipinski definition) is 1. The van der Waals surface area contributed by atoms with E-state index in [-0.39, 0.29) is 6.04 Å². The molecular formula is C12H19N. The first-order valence-electron chi connectivity index (χ1n) is 5.50. The summed E-state index contributed by atoms with van der Waals surface area (Å²) in [6.07, 6.45) is 14.8. The third-order valence-electron chi connectivity index (χ3n) is 3.20. The second-order valence-corrected chi connectivity index (χ2v) is 4.30. The first kappa shape index (κ1) is 9.01. The molecule has 0 aromatic rings. The Morgan fingerprint density at radius 1 is 1.15 bits per heavy atom. The van der Waals surface area contributed by atoms with E-state index in [1.807, 2.05) is 0 Å². The van der Waals surface area contributed by atoms with E-state index in [9.17, 15) is 0 Å². The number of allylic oxidation sites excluding steroid dienone is 2. The van der Waals surface area contributed by atoms with Gasteiger partial charge in [0, 0.05) is 6.04 Å². The number of nitrogens with two attached hydrogens (primary N) is 1. The van der Waals surface area contributed by atoms with Crippen LogP contribution in [0.3, 0.4) is 0 Å². The molecule has 0 saturated heterocycles. The second kappa shape index (κ2) is 4.10. The van der Waals surface area contributed by atoms with Gasteiger partial charge in [0.05, 0.1) is 0 Å². The van der Waals surface area contributed by atoms with Crippen LogP contribution in [-0.4, -0.2) is 6.04 Å². The summed E-state index contributed by atoms with van der Waals surface area (Å²) < 4.78 is 0. The SMILES string of the molecule is NC1C=C(C2CCCCC2)C=CC1. The summed E-state index contributed by atoms with van der Waals surface area (Å²) >= 11 is 0. The molecule has 0 bridgehead atoms. The van der Waals surface area contributed by atoms with Gasteiger partial charge in [0.25, 0.3) is 0 Å². The molecule has 2 rings (SSSR count). The number of hydrogen-bond donors (Lipinski definition) is 1. The van der Waals surface area contributed by atoms with Crippen molar-refractivity contribution in [1.82, 2.24) is 0 Å². The minimum atomic E-state index is 0.280. The van der Waals surface area contributed by atoms with Crippen molar-refractivity contribution in [3.8, 4) is 0 Å². The quantitative estimate of drug-likeness (QED) is 0.655. The van der Waals surface area contributed by atoms with Gasteiger partial charge in [-0.25, -0.2) is 0 Å². The molecule has 1 atom stereocenters. The summed E-state index contributed by atoms with van der Waals surface area (Å²) in [5, 5.41) is 0. The van der Waals surface area contributed by atoms with Crippen LogP contribution >= 0.6 is 0 Å². The number of rotatable bonds is 1. The molecule has 0 heterocycles. The smallest absolute Gasteiger partial charge is 0.0264 e. The van der Waals surface area contributed by atoms with Crippen LogP contribution in [0.4, 0.5) is 0 Å². The average Bonchev–Trinajstić information content (AvgIpc) is 2.19. The summed E-state index contributed by atoms with van der Waals surface area (Å²) in [5.41, 5.74) is 7.42. The van der Waals surface area contributed by atoms with Crippen molar-refractivity contribution in [1.29, 1.82) is 0 Å². The summed E-state index contributed by atoms with van der Waals surface area (Å²) in [6, 6.07) is 0.280. The molecule has 1 fully saturated rings. The molecule has 0 aliphatic heterocycles. The average molecular weight is 177 g/mol. The third kappa shape index (κ3) is 2.22. The summed E-state index contributed by atoms with van der Waals surface area (Å²) in [6.45, 7) is 0. The normalized spacial score (nSPS) is 30.2. The fourth-order valence-electron chi connectivity index (χ4n) is 2.44. The van der Waals surface area contributed by atoms with E-state index < -0.39 is 0 Å². The van der Waals surface area contributed by atoms with Crippen molar-refractivity contribution in [3.05, 3.63) is 23.8 Å². The van der Waals surface area contributed by atoms with Crippen LogP contribution in [0, 0.1) is 5.92 Å². The molecule has 72 valence electrons. The first-order valence-corrected chi connectivity index (χ1v) is 5.50. The zero-order valence-electron chi connectivity index (χ0n) is 8.21. The Balaban J connectivity index is 2.02. The Hall–Kier alpha value is -0.560. The lowest BCUT2D eigenvalue weighted by atomic mass is 9.81. The van der Waals surface area contributed by atoms with Crippen molar-refractivity contribution < 1.29 is 0 Å². The molecule has 0 aromatic carbocycles. The van der Waals surface area contributed by atoms with Crippen molar-refractivity contribution >= 4 is 0 Å². The van der Waals surface area contributed by atoms with Crippen LogP contribution in [0.15, 0.2) is 23.8 Å². The lowest BCUT2D eigenvalue weighted by Crippen LogP contribution is -2.20.